The molecule has 106 valence electrons. The van der Waals surface area contributed by atoms with E-state index in [1.54, 1.807) is 6.92 Å². The van der Waals surface area contributed by atoms with Crippen LogP contribution >= 0.6 is 0 Å². The van der Waals surface area contributed by atoms with Crippen LogP contribution in [0.25, 0.3) is 0 Å². The molecule has 4 rings (SSSR count). The molecule has 4 bridgehead atoms. The second kappa shape index (κ2) is 4.08. The fourth-order valence-electron chi connectivity index (χ4n) is 5.33. The minimum atomic E-state index is -0.691. The van der Waals surface area contributed by atoms with E-state index in [0.29, 0.717) is 11.8 Å². The molecule has 0 heterocycles. The molecule has 0 radical (unpaired) electrons. The van der Waals surface area contributed by atoms with Crippen molar-refractivity contribution in [2.24, 2.45) is 17.3 Å². The van der Waals surface area contributed by atoms with E-state index in [1.807, 2.05) is 0 Å². The normalized spacial score (nSPS) is 43.0. The summed E-state index contributed by atoms with van der Waals surface area (Å²) in [5.41, 5.74) is -0.227. The van der Waals surface area contributed by atoms with Gasteiger partial charge in [0.2, 0.25) is 5.91 Å². The summed E-state index contributed by atoms with van der Waals surface area (Å²) in [5, 5.41) is 12.9. The van der Waals surface area contributed by atoms with Gasteiger partial charge in [-0.15, -0.1) is 10.1 Å². The highest BCUT2D eigenvalue weighted by molar-refractivity contribution is 5.74. The maximum absolute atomic E-state index is 11.4. The van der Waals surface area contributed by atoms with E-state index < -0.39 is 5.09 Å². The Morgan fingerprint density at radius 1 is 1.37 bits per heavy atom. The maximum atomic E-state index is 11.4. The van der Waals surface area contributed by atoms with Crippen molar-refractivity contribution in [3.8, 4) is 0 Å². The van der Waals surface area contributed by atoms with Crippen molar-refractivity contribution in [1.29, 1.82) is 0 Å². The molecule has 1 amide bonds. The fourth-order valence-corrected chi connectivity index (χ4v) is 5.33. The molecule has 2 unspecified atom stereocenters. The highest BCUT2D eigenvalue weighted by Crippen LogP contribution is 2.61. The molecule has 4 saturated carbocycles. The smallest absolute Gasteiger partial charge is 0.294 e. The van der Waals surface area contributed by atoms with Gasteiger partial charge in [0.25, 0.3) is 5.09 Å². The molecule has 6 heteroatoms. The van der Waals surface area contributed by atoms with Gasteiger partial charge in [0.05, 0.1) is 0 Å². The highest BCUT2D eigenvalue weighted by atomic mass is 16.9. The van der Waals surface area contributed by atoms with Crippen LogP contribution in [0.3, 0.4) is 0 Å². The number of amides is 1. The van der Waals surface area contributed by atoms with Crippen LogP contribution in [0.2, 0.25) is 0 Å². The van der Waals surface area contributed by atoms with Crippen LogP contribution in [0.5, 0.6) is 0 Å². The van der Waals surface area contributed by atoms with E-state index in [1.165, 1.54) is 6.42 Å². The molecule has 4 aliphatic rings. The van der Waals surface area contributed by atoms with E-state index in [-0.39, 0.29) is 23.5 Å². The molecular weight excluding hydrogens is 248 g/mol. The van der Waals surface area contributed by atoms with Crippen LogP contribution in [0.1, 0.15) is 45.4 Å². The molecule has 6 nitrogen and oxygen atoms in total. The summed E-state index contributed by atoms with van der Waals surface area (Å²) >= 11 is 0. The van der Waals surface area contributed by atoms with Crippen molar-refractivity contribution in [2.75, 3.05) is 6.61 Å². The van der Waals surface area contributed by atoms with Crippen molar-refractivity contribution in [3.63, 3.8) is 0 Å². The third-order valence-electron chi connectivity index (χ3n) is 5.10. The predicted octanol–water partition coefficient (Wildman–Crippen LogP) is 1.67. The molecule has 0 aliphatic heterocycles. The summed E-state index contributed by atoms with van der Waals surface area (Å²) in [5.74, 6) is 1.18. The lowest BCUT2D eigenvalue weighted by Crippen LogP contribution is -2.63. The zero-order valence-electron chi connectivity index (χ0n) is 11.2. The second-order valence-corrected chi connectivity index (χ2v) is 6.92. The van der Waals surface area contributed by atoms with Crippen LogP contribution in [0.15, 0.2) is 0 Å². The molecule has 4 fully saturated rings. The van der Waals surface area contributed by atoms with Gasteiger partial charge >= 0.3 is 0 Å². The Kier molecular flexibility index (Phi) is 2.73. The molecule has 0 spiro atoms. The van der Waals surface area contributed by atoms with Gasteiger partial charge in [0.1, 0.15) is 6.61 Å². The summed E-state index contributed by atoms with van der Waals surface area (Å²) in [6.45, 7) is 1.74. The fraction of sp³-hybridized carbons (Fsp3) is 0.923. The monoisotopic (exact) mass is 268 g/mol. The van der Waals surface area contributed by atoms with E-state index in [4.69, 9.17) is 0 Å². The van der Waals surface area contributed by atoms with Crippen LogP contribution < -0.4 is 5.32 Å². The van der Waals surface area contributed by atoms with Crippen LogP contribution in [0, 0.1) is 27.4 Å². The lowest BCUT2D eigenvalue weighted by molar-refractivity contribution is -0.761. The number of carbonyl (C=O) groups excluding carboxylic acids is 1. The predicted molar refractivity (Wildman–Crippen MR) is 66.6 cm³/mol. The first-order valence-electron chi connectivity index (χ1n) is 6.96. The molecule has 19 heavy (non-hydrogen) atoms. The topological polar surface area (TPSA) is 81.5 Å². The van der Waals surface area contributed by atoms with Crippen molar-refractivity contribution >= 4 is 5.91 Å². The van der Waals surface area contributed by atoms with Gasteiger partial charge in [0, 0.05) is 12.5 Å². The van der Waals surface area contributed by atoms with Crippen molar-refractivity contribution in [3.05, 3.63) is 10.1 Å². The largest absolute Gasteiger partial charge is 0.351 e. The third kappa shape index (κ3) is 2.28. The summed E-state index contributed by atoms with van der Waals surface area (Å²) in [6.07, 6.45) is 6.13. The maximum Gasteiger partial charge on any atom is 0.294 e. The van der Waals surface area contributed by atoms with Gasteiger partial charge in [-0.05, 0) is 55.8 Å². The molecule has 4 aliphatic carbocycles. The third-order valence-corrected chi connectivity index (χ3v) is 5.10. The average molecular weight is 268 g/mol. The lowest BCUT2D eigenvalue weighted by Gasteiger charge is -2.61. The van der Waals surface area contributed by atoms with E-state index in [2.05, 4.69) is 10.2 Å². The summed E-state index contributed by atoms with van der Waals surface area (Å²) in [4.78, 5) is 26.6. The zero-order valence-corrected chi connectivity index (χ0v) is 11.2. The summed E-state index contributed by atoms with van der Waals surface area (Å²) in [7, 11) is 0. The highest BCUT2D eigenvalue weighted by Gasteiger charge is 2.58. The Bertz CT molecular complexity index is 409. The van der Waals surface area contributed by atoms with Gasteiger partial charge in [0.15, 0.2) is 0 Å². The van der Waals surface area contributed by atoms with E-state index in [9.17, 15) is 14.9 Å². The van der Waals surface area contributed by atoms with Crippen molar-refractivity contribution in [1.82, 2.24) is 5.32 Å². The molecule has 1 N–H and O–H groups in total. The Balaban J connectivity index is 1.80. The summed E-state index contributed by atoms with van der Waals surface area (Å²) in [6, 6.07) is 0. The molecule has 4 atom stereocenters. The van der Waals surface area contributed by atoms with E-state index >= 15 is 0 Å². The van der Waals surface area contributed by atoms with Crippen molar-refractivity contribution in [2.45, 2.75) is 51.0 Å². The number of nitrogens with zero attached hydrogens (tertiary/aromatic N) is 1. The van der Waals surface area contributed by atoms with Gasteiger partial charge in [-0.3, -0.25) is 4.79 Å². The summed E-state index contributed by atoms with van der Waals surface area (Å²) < 4.78 is 0. The first-order valence-corrected chi connectivity index (χ1v) is 6.96. The second-order valence-electron chi connectivity index (χ2n) is 6.92. The Hall–Kier alpha value is -1.33. The van der Waals surface area contributed by atoms with Crippen LogP contribution in [-0.4, -0.2) is 23.1 Å². The Labute approximate surface area is 112 Å². The van der Waals surface area contributed by atoms with Gasteiger partial charge in [-0.25, -0.2) is 0 Å². The SMILES string of the molecule is CC(=O)NC12C[C@@H]3C[C@@H](CC(CO[N+](=O)[O-])(C3)C1)C2. The number of rotatable bonds is 4. The molecule has 0 aromatic rings. The quantitative estimate of drug-likeness (QED) is 0.621. The van der Waals surface area contributed by atoms with Gasteiger partial charge < -0.3 is 10.2 Å². The Morgan fingerprint density at radius 3 is 2.53 bits per heavy atom. The molecule has 0 aromatic heterocycles. The zero-order chi connectivity index (χ0) is 13.7. The minimum absolute atomic E-state index is 0.00675. The van der Waals surface area contributed by atoms with Crippen molar-refractivity contribution < 1.29 is 14.7 Å². The van der Waals surface area contributed by atoms with Gasteiger partial charge in [-0.2, -0.15) is 0 Å². The van der Waals surface area contributed by atoms with E-state index in [0.717, 1.165) is 32.1 Å². The number of hydrogen-bond donors (Lipinski definition) is 1. The standard InChI is InChI=1S/C13H20N2O4/c1-9(16)14-13-5-10-2-11(6-13)4-12(3-10,7-13)8-19-15(17)18/h10-11H,2-8H2,1H3,(H,14,16)/t10-,11+,12?,13?. The molecular formula is C13H20N2O4. The lowest BCUT2D eigenvalue weighted by atomic mass is 9.47. The van der Waals surface area contributed by atoms with Gasteiger partial charge in [-0.1, -0.05) is 0 Å². The first kappa shape index (κ1) is 12.7. The van der Waals surface area contributed by atoms with Crippen LogP contribution in [0.4, 0.5) is 0 Å². The molecule has 0 saturated heterocycles. The number of nitrogens with one attached hydrogen (secondary N) is 1. The molecule has 0 aromatic carbocycles. The Morgan fingerprint density at radius 2 is 2.00 bits per heavy atom. The average Bonchev–Trinajstić information content (AvgIpc) is 2.22. The minimum Gasteiger partial charge on any atom is -0.351 e. The van der Waals surface area contributed by atoms with Crippen LogP contribution in [-0.2, 0) is 9.63 Å². The first-order chi connectivity index (χ1) is 8.90. The number of hydrogen-bond acceptors (Lipinski definition) is 4. The number of carbonyl (C=O) groups is 1.